The highest BCUT2D eigenvalue weighted by Crippen LogP contribution is 2.42. The first-order valence-electron chi connectivity index (χ1n) is 12.3. The van der Waals surface area contributed by atoms with Crippen molar-refractivity contribution >= 4 is 58.6 Å². The van der Waals surface area contributed by atoms with Gasteiger partial charge in [-0.1, -0.05) is 41.3 Å². The molecule has 13 nitrogen and oxygen atoms in total. The van der Waals surface area contributed by atoms with Gasteiger partial charge in [0.15, 0.2) is 4.34 Å². The smallest absolute Gasteiger partial charge is 0.352 e. The van der Waals surface area contributed by atoms with Gasteiger partial charge in [0.2, 0.25) is 5.91 Å². The summed E-state index contributed by atoms with van der Waals surface area (Å²) >= 11 is 4.00. The van der Waals surface area contributed by atoms with Crippen molar-refractivity contribution in [3.05, 3.63) is 69.9 Å². The van der Waals surface area contributed by atoms with Gasteiger partial charge in [-0.05, 0) is 42.3 Å². The highest BCUT2D eigenvalue weighted by atomic mass is 32.2. The first kappa shape index (κ1) is 29.2. The highest BCUT2D eigenvalue weighted by molar-refractivity contribution is 8.01. The number of nitrogens with one attached hydrogen (secondary N) is 2. The molecule has 1 aromatic heterocycles. The fourth-order valence-electron chi connectivity index (χ4n) is 4.45. The Hall–Kier alpha value is -4.28. The number of β-lactam (4-membered cyclic amide) rings is 1. The summed E-state index contributed by atoms with van der Waals surface area (Å²) < 4.78 is 0.677. The molecule has 2 unspecified atom stereocenters. The number of carbonyl (C=O) groups is 4. The van der Waals surface area contributed by atoms with Gasteiger partial charge in [0.25, 0.3) is 11.8 Å². The van der Waals surface area contributed by atoms with Crippen LogP contribution in [0.3, 0.4) is 0 Å². The normalized spacial score (nSPS) is 18.6. The molecule has 3 heterocycles. The minimum atomic E-state index is -1.40. The number of aryl methyl sites for hydroxylation is 1. The van der Waals surface area contributed by atoms with Crippen LogP contribution in [0.25, 0.3) is 0 Å². The molecule has 1 fully saturated rings. The average molecular weight is 630 g/mol. The molecule has 1 saturated heterocycles. The number of amides is 3. The molecule has 3 amide bonds. The van der Waals surface area contributed by atoms with Crippen molar-refractivity contribution in [3.63, 3.8) is 0 Å². The van der Waals surface area contributed by atoms with E-state index in [0.29, 0.717) is 21.4 Å². The lowest BCUT2D eigenvalue weighted by molar-refractivity contribution is -0.151. The van der Waals surface area contributed by atoms with Crippen molar-refractivity contribution < 1.29 is 39.6 Å². The molecule has 2 aromatic carbocycles. The number of rotatable bonds is 9. The molecule has 0 aliphatic carbocycles. The number of aliphatic carboxylic acids is 1. The Balaban J connectivity index is 1.34. The molecule has 2 aliphatic heterocycles. The molecule has 218 valence electrons. The first-order valence-corrected chi connectivity index (χ1v) is 15.1. The largest absolute Gasteiger partial charge is 0.508 e. The third-order valence-corrected chi connectivity index (χ3v) is 9.83. The second-order valence-electron chi connectivity index (χ2n) is 9.20. The number of carboxylic acid groups (broad SMARTS) is 1. The zero-order chi connectivity index (χ0) is 30.1. The number of aromatic nitrogens is 2. The van der Waals surface area contributed by atoms with Crippen molar-refractivity contribution in [1.82, 2.24) is 25.7 Å². The fourth-order valence-corrected chi connectivity index (χ4v) is 7.75. The van der Waals surface area contributed by atoms with Crippen LogP contribution in [0.4, 0.5) is 0 Å². The summed E-state index contributed by atoms with van der Waals surface area (Å²) in [5, 5.41) is 53.0. The average Bonchev–Trinajstić information content (AvgIpc) is 3.38. The number of carbonyl (C=O) groups excluding carboxylic acids is 3. The summed E-state index contributed by atoms with van der Waals surface area (Å²) in [5.74, 6) is -4.15. The molecule has 0 spiro atoms. The van der Waals surface area contributed by atoms with E-state index in [2.05, 4.69) is 20.8 Å². The van der Waals surface area contributed by atoms with Crippen LogP contribution in [0, 0.1) is 6.92 Å². The molecule has 0 radical (unpaired) electrons. The lowest BCUT2D eigenvalue weighted by Crippen LogP contribution is -2.71. The Kier molecular flexibility index (Phi) is 8.29. The predicted molar refractivity (Wildman–Crippen MR) is 153 cm³/mol. The van der Waals surface area contributed by atoms with Gasteiger partial charge < -0.3 is 31.1 Å². The SMILES string of the molecule is Cc1nnc(SCC2=C(C(=O)O)N3C(=O)C(NC(=O)C(NC(=O)c4c(O)cccc4O)c4ccc(O)cc4)[C@@H]3SC2)s1. The number of carboxylic acids is 1. The number of hydrogen-bond acceptors (Lipinski definition) is 12. The number of benzene rings is 2. The molecule has 5 rings (SSSR count). The zero-order valence-electron chi connectivity index (χ0n) is 21.7. The first-order chi connectivity index (χ1) is 20.0. The van der Waals surface area contributed by atoms with Crippen LogP contribution in [-0.4, -0.2) is 82.1 Å². The molecule has 2 aliphatic rings. The fraction of sp³-hybridized carbons (Fsp3) is 0.231. The van der Waals surface area contributed by atoms with Crippen LogP contribution < -0.4 is 10.6 Å². The van der Waals surface area contributed by atoms with Crippen LogP contribution >= 0.6 is 34.9 Å². The van der Waals surface area contributed by atoms with Crippen LogP contribution in [-0.2, 0) is 14.4 Å². The van der Waals surface area contributed by atoms with Crippen LogP contribution in [0.5, 0.6) is 17.2 Å². The van der Waals surface area contributed by atoms with Crippen LogP contribution in [0.15, 0.2) is 58.1 Å². The van der Waals surface area contributed by atoms with Gasteiger partial charge in [-0.25, -0.2) is 4.79 Å². The minimum Gasteiger partial charge on any atom is -0.508 e. The lowest BCUT2D eigenvalue weighted by Gasteiger charge is -2.49. The monoisotopic (exact) mass is 629 g/mol. The molecule has 3 aromatic rings. The van der Waals surface area contributed by atoms with Crippen molar-refractivity contribution in [2.45, 2.75) is 28.7 Å². The maximum atomic E-state index is 13.5. The van der Waals surface area contributed by atoms with E-state index in [-0.39, 0.29) is 17.0 Å². The topological polar surface area (TPSA) is 202 Å². The Bertz CT molecular complexity index is 1590. The maximum Gasteiger partial charge on any atom is 0.352 e. The van der Waals surface area contributed by atoms with Gasteiger partial charge in [0.05, 0.1) is 0 Å². The maximum absolute atomic E-state index is 13.5. The highest BCUT2D eigenvalue weighted by Gasteiger charge is 2.54. The number of hydrogen-bond donors (Lipinski definition) is 6. The number of thioether (sulfide) groups is 2. The summed E-state index contributed by atoms with van der Waals surface area (Å²) in [6.07, 6.45) is 0. The van der Waals surface area contributed by atoms with Crippen LogP contribution in [0.2, 0.25) is 0 Å². The van der Waals surface area contributed by atoms with Gasteiger partial charge >= 0.3 is 5.97 Å². The molecule has 3 atom stereocenters. The van der Waals surface area contributed by atoms with Gasteiger partial charge in [0, 0.05) is 11.5 Å². The lowest BCUT2D eigenvalue weighted by atomic mass is 10.0. The second-order valence-corrected chi connectivity index (χ2v) is 12.7. The predicted octanol–water partition coefficient (Wildman–Crippen LogP) is 1.97. The summed E-state index contributed by atoms with van der Waals surface area (Å²) in [4.78, 5) is 53.0. The quantitative estimate of drug-likeness (QED) is 0.149. The molecule has 6 N–H and O–H groups in total. The number of phenolic OH excluding ortho intramolecular Hbond substituents is 3. The summed E-state index contributed by atoms with van der Waals surface area (Å²) in [5.41, 5.74) is 0.191. The molecule has 42 heavy (non-hydrogen) atoms. The van der Waals surface area contributed by atoms with E-state index in [1.165, 1.54) is 77.3 Å². The standard InChI is InChI=1S/C26H23N5O8S3/c1-11-29-30-26(42-11)41-10-13-9-40-24-19(23(37)31(24)20(13)25(38)39)28-22(36)18(12-5-7-14(32)8-6-12)27-21(35)17-15(33)3-2-4-16(17)34/h2-8,18-19,24,32-34H,9-10H2,1H3,(H,27,35)(H,28,36)(H,38,39)/t18?,19?,24-/m0/s1. The van der Waals surface area contributed by atoms with E-state index in [1.54, 1.807) is 0 Å². The van der Waals surface area contributed by atoms with Crippen molar-refractivity contribution in [2.24, 2.45) is 0 Å². The molecule has 16 heteroatoms. The van der Waals surface area contributed by atoms with Gasteiger partial charge in [-0.2, -0.15) is 0 Å². The van der Waals surface area contributed by atoms with Crippen molar-refractivity contribution in [3.8, 4) is 17.2 Å². The van der Waals surface area contributed by atoms with E-state index >= 15 is 0 Å². The Morgan fingerprint density at radius 2 is 1.79 bits per heavy atom. The number of nitrogens with zero attached hydrogens (tertiary/aromatic N) is 3. The third-order valence-electron chi connectivity index (χ3n) is 6.44. The second kappa shape index (κ2) is 11.9. The summed E-state index contributed by atoms with van der Waals surface area (Å²) in [6.45, 7) is 1.81. The number of phenols is 3. The Morgan fingerprint density at radius 3 is 2.40 bits per heavy atom. The molecular weight excluding hydrogens is 607 g/mol. The van der Waals surface area contributed by atoms with E-state index in [1.807, 2.05) is 6.92 Å². The Morgan fingerprint density at radius 1 is 1.10 bits per heavy atom. The molecule has 0 bridgehead atoms. The number of fused-ring (bicyclic) bond motifs is 1. The van der Waals surface area contributed by atoms with E-state index in [4.69, 9.17) is 0 Å². The van der Waals surface area contributed by atoms with Gasteiger partial charge in [0.1, 0.15) is 51.0 Å². The van der Waals surface area contributed by atoms with Crippen molar-refractivity contribution in [1.29, 1.82) is 0 Å². The molecular formula is C26H23N5O8S3. The zero-order valence-corrected chi connectivity index (χ0v) is 24.1. The van der Waals surface area contributed by atoms with E-state index < -0.39 is 58.2 Å². The van der Waals surface area contributed by atoms with Crippen LogP contribution in [0.1, 0.15) is 27.0 Å². The summed E-state index contributed by atoms with van der Waals surface area (Å²) in [6, 6.07) is 6.65. The van der Waals surface area contributed by atoms with E-state index in [0.717, 1.165) is 9.91 Å². The van der Waals surface area contributed by atoms with Gasteiger partial charge in [-0.3, -0.25) is 19.3 Å². The Labute approximate surface area is 250 Å². The molecule has 0 saturated carbocycles. The van der Waals surface area contributed by atoms with E-state index in [9.17, 15) is 39.6 Å². The minimum absolute atomic E-state index is 0.0887. The van der Waals surface area contributed by atoms with Crippen molar-refractivity contribution in [2.75, 3.05) is 11.5 Å². The van der Waals surface area contributed by atoms with Gasteiger partial charge in [-0.15, -0.1) is 22.0 Å². The number of aromatic hydroxyl groups is 3. The third kappa shape index (κ3) is 5.73. The summed E-state index contributed by atoms with van der Waals surface area (Å²) in [7, 11) is 0.